The van der Waals surface area contributed by atoms with E-state index in [0.717, 1.165) is 15.6 Å². The fourth-order valence-electron chi connectivity index (χ4n) is 2.97. The van der Waals surface area contributed by atoms with E-state index in [0.29, 0.717) is 5.56 Å². The van der Waals surface area contributed by atoms with Gasteiger partial charge in [0.05, 0.1) is 12.5 Å². The van der Waals surface area contributed by atoms with E-state index >= 15 is 0 Å². The van der Waals surface area contributed by atoms with Crippen molar-refractivity contribution in [3.63, 3.8) is 0 Å². The van der Waals surface area contributed by atoms with Crippen molar-refractivity contribution in [1.82, 2.24) is 10.2 Å². The smallest absolute Gasteiger partial charge is 0.312 e. The van der Waals surface area contributed by atoms with Gasteiger partial charge in [-0.05, 0) is 36.2 Å². The Hall–Kier alpha value is -2.67. The number of hydrogen-bond acceptors (Lipinski definition) is 2. The standard InChI is InChI=1S/C21H23BrFN3O2/c1-3-10-26(13-15-11-16(22)8-9-18(15)23)20(27)12-19(25-21(24)28)17-7-5-4-6-14(17)2/h3-9,11,19H,1,10,12-13H2,2H3,(H3,24,25,28). The van der Waals surface area contributed by atoms with E-state index < -0.39 is 17.9 Å². The molecule has 5 nitrogen and oxygen atoms in total. The molecule has 0 heterocycles. The lowest BCUT2D eigenvalue weighted by atomic mass is 9.98. The Morgan fingerprint density at radius 3 is 2.68 bits per heavy atom. The quantitative estimate of drug-likeness (QED) is 0.594. The molecule has 3 N–H and O–H groups in total. The summed E-state index contributed by atoms with van der Waals surface area (Å²) in [6, 6.07) is 10.7. The number of nitrogens with one attached hydrogen (secondary N) is 1. The van der Waals surface area contributed by atoms with Gasteiger partial charge in [-0.2, -0.15) is 0 Å². The summed E-state index contributed by atoms with van der Waals surface area (Å²) in [4.78, 5) is 25.9. The van der Waals surface area contributed by atoms with Crippen LogP contribution in [0.15, 0.2) is 59.6 Å². The highest BCUT2D eigenvalue weighted by atomic mass is 79.9. The number of halogens is 2. The van der Waals surface area contributed by atoms with Crippen molar-refractivity contribution in [3.8, 4) is 0 Å². The summed E-state index contributed by atoms with van der Waals surface area (Å²) in [5, 5.41) is 2.63. The first-order chi connectivity index (χ1) is 13.3. The number of urea groups is 1. The summed E-state index contributed by atoms with van der Waals surface area (Å²) in [6.07, 6.45) is 1.58. The van der Waals surface area contributed by atoms with Crippen molar-refractivity contribution >= 4 is 27.9 Å². The lowest BCUT2D eigenvalue weighted by molar-refractivity contribution is -0.131. The van der Waals surface area contributed by atoms with Gasteiger partial charge in [0.25, 0.3) is 0 Å². The van der Waals surface area contributed by atoms with Crippen LogP contribution in [0, 0.1) is 12.7 Å². The predicted molar refractivity (Wildman–Crippen MR) is 111 cm³/mol. The number of carbonyl (C=O) groups is 2. The van der Waals surface area contributed by atoms with Gasteiger partial charge in [0.15, 0.2) is 0 Å². The highest BCUT2D eigenvalue weighted by Crippen LogP contribution is 2.23. The molecule has 0 aliphatic carbocycles. The van der Waals surface area contributed by atoms with Crippen LogP contribution in [0.2, 0.25) is 0 Å². The number of nitrogens with zero attached hydrogens (tertiary/aromatic N) is 1. The lowest BCUT2D eigenvalue weighted by Gasteiger charge is -2.26. The summed E-state index contributed by atoms with van der Waals surface area (Å²) in [5.74, 6) is -0.642. The van der Waals surface area contributed by atoms with Crippen LogP contribution in [-0.4, -0.2) is 23.4 Å². The van der Waals surface area contributed by atoms with Gasteiger partial charge < -0.3 is 16.0 Å². The number of amides is 3. The molecule has 0 saturated carbocycles. The monoisotopic (exact) mass is 447 g/mol. The molecule has 2 aromatic rings. The van der Waals surface area contributed by atoms with E-state index in [-0.39, 0.29) is 25.4 Å². The van der Waals surface area contributed by atoms with Crippen molar-refractivity contribution in [2.45, 2.75) is 25.9 Å². The Balaban J connectivity index is 2.24. The number of primary amides is 1. The summed E-state index contributed by atoms with van der Waals surface area (Å²) < 4.78 is 14.9. The number of carbonyl (C=O) groups excluding carboxylic acids is 2. The average Bonchev–Trinajstić information content (AvgIpc) is 2.63. The third-order valence-electron chi connectivity index (χ3n) is 4.33. The Morgan fingerprint density at radius 2 is 2.04 bits per heavy atom. The molecule has 7 heteroatoms. The molecule has 0 saturated heterocycles. The Bertz CT molecular complexity index is 872. The second-order valence-corrected chi connectivity index (χ2v) is 7.34. The van der Waals surface area contributed by atoms with E-state index in [4.69, 9.17) is 5.73 Å². The average molecular weight is 448 g/mol. The molecule has 28 heavy (non-hydrogen) atoms. The second-order valence-electron chi connectivity index (χ2n) is 6.42. The van der Waals surface area contributed by atoms with Crippen LogP contribution in [-0.2, 0) is 11.3 Å². The van der Waals surface area contributed by atoms with Crippen LogP contribution in [0.25, 0.3) is 0 Å². The second kappa shape index (κ2) is 10.0. The normalized spacial score (nSPS) is 11.5. The minimum absolute atomic E-state index is 0.00272. The van der Waals surface area contributed by atoms with Gasteiger partial charge in [-0.3, -0.25) is 4.79 Å². The molecule has 2 aromatic carbocycles. The van der Waals surface area contributed by atoms with Gasteiger partial charge in [-0.15, -0.1) is 6.58 Å². The minimum atomic E-state index is -0.714. The Morgan fingerprint density at radius 1 is 1.32 bits per heavy atom. The Labute approximate surface area is 172 Å². The van der Waals surface area contributed by atoms with Crippen molar-refractivity contribution in [2.24, 2.45) is 5.73 Å². The molecule has 2 rings (SSSR count). The zero-order valence-electron chi connectivity index (χ0n) is 15.6. The van der Waals surface area contributed by atoms with E-state index in [9.17, 15) is 14.0 Å². The summed E-state index contributed by atoms with van der Waals surface area (Å²) in [7, 11) is 0. The molecule has 0 fully saturated rings. The maximum atomic E-state index is 14.1. The van der Waals surface area contributed by atoms with Gasteiger partial charge in [-0.1, -0.05) is 46.3 Å². The van der Waals surface area contributed by atoms with Crippen LogP contribution in [0.5, 0.6) is 0 Å². The van der Waals surface area contributed by atoms with Gasteiger partial charge in [0.2, 0.25) is 5.91 Å². The van der Waals surface area contributed by atoms with Gasteiger partial charge >= 0.3 is 6.03 Å². The first kappa shape index (κ1) is 21.6. The zero-order valence-corrected chi connectivity index (χ0v) is 17.2. The van der Waals surface area contributed by atoms with Crippen molar-refractivity contribution in [3.05, 3.63) is 82.1 Å². The molecule has 0 spiro atoms. The van der Waals surface area contributed by atoms with E-state index in [1.165, 1.54) is 11.0 Å². The fraction of sp³-hybridized carbons (Fsp3) is 0.238. The molecule has 0 radical (unpaired) electrons. The van der Waals surface area contributed by atoms with E-state index in [1.807, 2.05) is 31.2 Å². The largest absolute Gasteiger partial charge is 0.352 e. The number of aryl methyl sites for hydroxylation is 1. The first-order valence-corrected chi connectivity index (χ1v) is 9.55. The topological polar surface area (TPSA) is 75.4 Å². The zero-order chi connectivity index (χ0) is 20.7. The first-order valence-electron chi connectivity index (χ1n) is 8.76. The molecule has 0 bridgehead atoms. The predicted octanol–water partition coefficient (Wildman–Crippen LogP) is 4.21. The van der Waals surface area contributed by atoms with Crippen LogP contribution in [0.4, 0.5) is 9.18 Å². The van der Waals surface area contributed by atoms with Crippen molar-refractivity contribution < 1.29 is 14.0 Å². The number of benzene rings is 2. The van der Waals surface area contributed by atoms with Gasteiger partial charge in [-0.25, -0.2) is 9.18 Å². The third kappa shape index (κ3) is 5.92. The Kier molecular flexibility index (Phi) is 7.75. The fourth-order valence-corrected chi connectivity index (χ4v) is 3.38. The molecular formula is C21H23BrFN3O2. The summed E-state index contributed by atoms with van der Waals surface area (Å²) in [6.45, 7) is 5.92. The highest BCUT2D eigenvalue weighted by molar-refractivity contribution is 9.10. The van der Waals surface area contributed by atoms with E-state index in [1.54, 1.807) is 18.2 Å². The van der Waals surface area contributed by atoms with Crippen LogP contribution >= 0.6 is 15.9 Å². The third-order valence-corrected chi connectivity index (χ3v) is 4.82. The number of nitrogens with two attached hydrogens (primary N) is 1. The molecule has 148 valence electrons. The van der Waals surface area contributed by atoms with Crippen LogP contribution in [0.1, 0.15) is 29.2 Å². The van der Waals surface area contributed by atoms with Crippen LogP contribution in [0.3, 0.4) is 0 Å². The molecule has 0 aliphatic rings. The van der Waals surface area contributed by atoms with Gasteiger partial charge in [0, 0.05) is 23.1 Å². The number of hydrogen-bond donors (Lipinski definition) is 2. The molecule has 0 aromatic heterocycles. The SMILES string of the molecule is C=CCN(Cc1cc(Br)ccc1F)C(=O)CC(NC(N)=O)c1ccccc1C. The van der Waals surface area contributed by atoms with E-state index in [2.05, 4.69) is 27.8 Å². The minimum Gasteiger partial charge on any atom is -0.352 e. The maximum absolute atomic E-state index is 14.1. The lowest BCUT2D eigenvalue weighted by Crippen LogP contribution is -2.38. The van der Waals surface area contributed by atoms with Gasteiger partial charge in [0.1, 0.15) is 5.82 Å². The molecule has 1 unspecified atom stereocenters. The maximum Gasteiger partial charge on any atom is 0.312 e. The number of rotatable bonds is 8. The molecular weight excluding hydrogens is 425 g/mol. The molecule has 3 amide bonds. The highest BCUT2D eigenvalue weighted by Gasteiger charge is 2.23. The van der Waals surface area contributed by atoms with Crippen molar-refractivity contribution in [2.75, 3.05) is 6.54 Å². The summed E-state index contributed by atoms with van der Waals surface area (Å²) >= 11 is 3.32. The summed E-state index contributed by atoms with van der Waals surface area (Å²) in [5.41, 5.74) is 7.43. The van der Waals surface area contributed by atoms with Crippen molar-refractivity contribution in [1.29, 1.82) is 0 Å². The molecule has 1 atom stereocenters. The van der Waals surface area contributed by atoms with Crippen LogP contribution < -0.4 is 11.1 Å². The molecule has 0 aliphatic heterocycles.